The number of carboxylic acids is 1. The zero-order valence-electron chi connectivity index (χ0n) is 10.9. The average Bonchev–Trinajstić information content (AvgIpc) is 2.82. The van der Waals surface area contributed by atoms with Crippen molar-refractivity contribution in [2.75, 3.05) is 0 Å². The van der Waals surface area contributed by atoms with E-state index in [0.29, 0.717) is 10.3 Å². The van der Waals surface area contributed by atoms with Crippen LogP contribution in [0.3, 0.4) is 0 Å². The predicted molar refractivity (Wildman–Crippen MR) is 78.3 cm³/mol. The summed E-state index contributed by atoms with van der Waals surface area (Å²) in [7, 11) is -2.06. The number of hydrogen-bond acceptors (Lipinski definition) is 4. The van der Waals surface area contributed by atoms with E-state index in [-0.39, 0.29) is 17.0 Å². The fourth-order valence-corrected chi connectivity index (χ4v) is 3.07. The van der Waals surface area contributed by atoms with Crippen LogP contribution in [0, 0.1) is 0 Å². The fraction of sp³-hybridized carbons (Fsp3) is 0.167. The van der Waals surface area contributed by atoms with Gasteiger partial charge in [0.25, 0.3) is 0 Å². The highest BCUT2D eigenvalue weighted by atomic mass is 79.9. The number of carboxylic acid groups (broad SMARTS) is 1. The van der Waals surface area contributed by atoms with Gasteiger partial charge in [0.2, 0.25) is 10.0 Å². The fourth-order valence-electron chi connectivity index (χ4n) is 1.65. The van der Waals surface area contributed by atoms with E-state index in [0.717, 1.165) is 6.07 Å². The number of benzene rings is 1. The van der Waals surface area contributed by atoms with E-state index >= 15 is 0 Å². The van der Waals surface area contributed by atoms with E-state index in [9.17, 15) is 13.2 Å². The Bertz CT molecular complexity index is 786. The molecule has 9 heteroatoms. The lowest BCUT2D eigenvalue weighted by Gasteiger charge is -2.08. The van der Waals surface area contributed by atoms with Crippen molar-refractivity contribution in [3.8, 4) is 0 Å². The van der Waals surface area contributed by atoms with Crippen LogP contribution in [0.4, 0.5) is 0 Å². The average molecular weight is 374 g/mol. The largest absolute Gasteiger partial charge is 0.478 e. The summed E-state index contributed by atoms with van der Waals surface area (Å²) in [6.45, 7) is 0.0182. The molecule has 0 aliphatic heterocycles. The molecule has 2 rings (SSSR count). The third kappa shape index (κ3) is 3.49. The van der Waals surface area contributed by atoms with Crippen molar-refractivity contribution in [2.45, 2.75) is 11.4 Å². The molecular weight excluding hydrogens is 362 g/mol. The monoisotopic (exact) mass is 373 g/mol. The molecule has 0 bridgehead atoms. The van der Waals surface area contributed by atoms with E-state index in [1.165, 1.54) is 12.1 Å². The van der Waals surface area contributed by atoms with Crippen LogP contribution in [0.1, 0.15) is 16.2 Å². The Labute approximate surface area is 129 Å². The van der Waals surface area contributed by atoms with Gasteiger partial charge in [0.1, 0.15) is 5.82 Å². The Kier molecular flexibility index (Phi) is 4.45. The second-order valence-corrected chi connectivity index (χ2v) is 6.85. The molecule has 2 aromatic rings. The Morgan fingerprint density at radius 2 is 2.19 bits per heavy atom. The molecule has 0 atom stereocenters. The number of nitrogens with zero attached hydrogens (tertiary/aromatic N) is 2. The molecule has 0 spiro atoms. The van der Waals surface area contributed by atoms with Crippen LogP contribution >= 0.6 is 15.9 Å². The summed E-state index contributed by atoms with van der Waals surface area (Å²) in [5.41, 5.74) is -0.116. The molecule has 0 saturated carbocycles. The van der Waals surface area contributed by atoms with Gasteiger partial charge in [-0.3, -0.25) is 0 Å². The molecule has 2 N–H and O–H groups in total. The first-order chi connectivity index (χ1) is 9.81. The topological polar surface area (TPSA) is 101 Å². The molecule has 0 aliphatic carbocycles. The van der Waals surface area contributed by atoms with E-state index in [4.69, 9.17) is 5.11 Å². The first kappa shape index (κ1) is 15.7. The minimum Gasteiger partial charge on any atom is -0.478 e. The Balaban J connectivity index is 2.26. The Morgan fingerprint density at radius 3 is 2.76 bits per heavy atom. The molecule has 1 aromatic heterocycles. The zero-order chi connectivity index (χ0) is 15.6. The van der Waals surface area contributed by atoms with Crippen molar-refractivity contribution in [1.29, 1.82) is 0 Å². The molecule has 7 nitrogen and oxygen atoms in total. The van der Waals surface area contributed by atoms with E-state index in [1.54, 1.807) is 24.0 Å². The molecule has 0 saturated heterocycles. The van der Waals surface area contributed by atoms with Gasteiger partial charge in [-0.15, -0.1) is 0 Å². The van der Waals surface area contributed by atoms with Gasteiger partial charge in [-0.05, 0) is 34.1 Å². The molecule has 112 valence electrons. The number of nitrogens with one attached hydrogen (secondary N) is 1. The molecule has 1 heterocycles. The molecule has 0 aliphatic rings. The summed E-state index contributed by atoms with van der Waals surface area (Å²) >= 11 is 3.07. The zero-order valence-corrected chi connectivity index (χ0v) is 13.3. The number of carbonyl (C=O) groups is 1. The number of halogens is 1. The lowest BCUT2D eigenvalue weighted by molar-refractivity contribution is 0.0695. The number of rotatable bonds is 5. The molecule has 0 amide bonds. The minimum absolute atomic E-state index is 0.0182. The van der Waals surface area contributed by atoms with Gasteiger partial charge in [-0.25, -0.2) is 22.9 Å². The van der Waals surface area contributed by atoms with Crippen molar-refractivity contribution < 1.29 is 18.3 Å². The molecule has 1 aromatic carbocycles. The summed E-state index contributed by atoms with van der Waals surface area (Å²) in [5.74, 6) is -0.655. The van der Waals surface area contributed by atoms with Gasteiger partial charge in [0.05, 0.1) is 17.0 Å². The van der Waals surface area contributed by atoms with Crippen LogP contribution in [0.25, 0.3) is 0 Å². The SMILES string of the molecule is Cn1ccnc1CNS(=O)(=O)c1ccc(Br)c(C(=O)O)c1. The van der Waals surface area contributed by atoms with Crippen LogP contribution in [-0.2, 0) is 23.6 Å². The first-order valence-corrected chi connectivity index (χ1v) is 8.07. The van der Waals surface area contributed by atoms with Crippen molar-refractivity contribution >= 4 is 31.9 Å². The smallest absolute Gasteiger partial charge is 0.336 e. The first-order valence-electron chi connectivity index (χ1n) is 5.80. The lowest BCUT2D eigenvalue weighted by atomic mass is 10.2. The van der Waals surface area contributed by atoms with Crippen LogP contribution < -0.4 is 4.72 Å². The highest BCUT2D eigenvalue weighted by molar-refractivity contribution is 9.10. The van der Waals surface area contributed by atoms with Gasteiger partial charge in [0.15, 0.2) is 0 Å². The number of aromatic nitrogens is 2. The van der Waals surface area contributed by atoms with E-state index < -0.39 is 16.0 Å². The molecule has 21 heavy (non-hydrogen) atoms. The van der Waals surface area contributed by atoms with Crippen molar-refractivity contribution in [1.82, 2.24) is 14.3 Å². The van der Waals surface area contributed by atoms with Gasteiger partial charge in [-0.1, -0.05) is 0 Å². The van der Waals surface area contributed by atoms with Crippen LogP contribution in [0.5, 0.6) is 0 Å². The number of imidazole rings is 1. The Morgan fingerprint density at radius 1 is 1.48 bits per heavy atom. The van der Waals surface area contributed by atoms with Gasteiger partial charge >= 0.3 is 5.97 Å². The highest BCUT2D eigenvalue weighted by Gasteiger charge is 2.18. The second-order valence-electron chi connectivity index (χ2n) is 4.23. The standard InChI is InChI=1S/C12H12BrN3O4S/c1-16-5-4-14-11(16)7-15-21(19,20)8-2-3-10(13)9(6-8)12(17)18/h2-6,15H,7H2,1H3,(H,17,18). The highest BCUT2D eigenvalue weighted by Crippen LogP contribution is 2.21. The summed E-state index contributed by atoms with van der Waals surface area (Å²) < 4.78 is 28.7. The van der Waals surface area contributed by atoms with Crippen molar-refractivity contribution in [3.63, 3.8) is 0 Å². The van der Waals surface area contributed by atoms with Crippen LogP contribution in [0.2, 0.25) is 0 Å². The van der Waals surface area contributed by atoms with Gasteiger partial charge in [0, 0.05) is 23.9 Å². The van der Waals surface area contributed by atoms with Crippen LogP contribution in [-0.4, -0.2) is 29.0 Å². The molecular formula is C12H12BrN3O4S. The molecule has 0 unspecified atom stereocenters. The maximum absolute atomic E-state index is 12.2. The van der Waals surface area contributed by atoms with E-state index in [1.807, 2.05) is 0 Å². The normalized spacial score (nSPS) is 11.5. The summed E-state index contributed by atoms with van der Waals surface area (Å²) in [6, 6.07) is 3.82. The summed E-state index contributed by atoms with van der Waals surface area (Å²) in [6.07, 6.45) is 3.26. The lowest BCUT2D eigenvalue weighted by Crippen LogP contribution is -2.25. The summed E-state index contributed by atoms with van der Waals surface area (Å²) in [4.78, 5) is 14.9. The van der Waals surface area contributed by atoms with Gasteiger partial charge in [-0.2, -0.15) is 0 Å². The molecule has 0 fully saturated rings. The number of sulfonamides is 1. The predicted octanol–water partition coefficient (Wildman–Crippen LogP) is 1.36. The minimum atomic E-state index is -3.81. The van der Waals surface area contributed by atoms with E-state index in [2.05, 4.69) is 25.6 Å². The number of aryl methyl sites for hydroxylation is 1. The second kappa shape index (κ2) is 5.96. The third-order valence-electron chi connectivity index (χ3n) is 2.82. The number of aromatic carboxylic acids is 1. The van der Waals surface area contributed by atoms with Crippen molar-refractivity contribution in [3.05, 3.63) is 46.5 Å². The van der Waals surface area contributed by atoms with Crippen LogP contribution in [0.15, 0.2) is 40.0 Å². The maximum atomic E-state index is 12.2. The quantitative estimate of drug-likeness (QED) is 0.823. The number of hydrogen-bond donors (Lipinski definition) is 2. The maximum Gasteiger partial charge on any atom is 0.336 e. The third-order valence-corrected chi connectivity index (χ3v) is 4.91. The van der Waals surface area contributed by atoms with Crippen molar-refractivity contribution in [2.24, 2.45) is 7.05 Å². The Hall–Kier alpha value is -1.71. The summed E-state index contributed by atoms with van der Waals surface area (Å²) in [5, 5.41) is 9.01. The van der Waals surface area contributed by atoms with Gasteiger partial charge < -0.3 is 9.67 Å². The molecule has 0 radical (unpaired) electrons.